The molecule has 2 heterocycles. The molecule has 2 aromatic rings. The van der Waals surface area contributed by atoms with Gasteiger partial charge in [-0.1, -0.05) is 17.4 Å². The summed E-state index contributed by atoms with van der Waals surface area (Å²) in [6, 6.07) is 3.78. The van der Waals surface area contributed by atoms with E-state index in [2.05, 4.69) is 15.5 Å². The van der Waals surface area contributed by atoms with E-state index in [1.54, 1.807) is 12.3 Å². The number of rotatable bonds is 4. The summed E-state index contributed by atoms with van der Waals surface area (Å²) in [6.07, 6.45) is 1.71. The molecule has 0 aliphatic rings. The molecule has 100 valence electrons. The van der Waals surface area contributed by atoms with Crippen molar-refractivity contribution in [2.75, 3.05) is 5.32 Å². The van der Waals surface area contributed by atoms with E-state index in [0.717, 1.165) is 22.7 Å². The Labute approximate surface area is 117 Å². The first-order valence-corrected chi connectivity index (χ1v) is 6.35. The Morgan fingerprint density at radius 1 is 1.42 bits per heavy atom. The summed E-state index contributed by atoms with van der Waals surface area (Å²) in [7, 11) is 0. The fourth-order valence-corrected chi connectivity index (χ4v) is 2.18. The molecule has 0 spiro atoms. The second-order valence-electron chi connectivity index (χ2n) is 4.40. The van der Waals surface area contributed by atoms with E-state index in [4.69, 9.17) is 22.5 Å². The summed E-state index contributed by atoms with van der Waals surface area (Å²) in [5, 5.41) is 7.30. The largest absolute Gasteiger partial charge is 0.388 e. The molecule has 5 nitrogen and oxygen atoms in total. The Balaban J connectivity index is 2.15. The lowest BCUT2D eigenvalue weighted by molar-refractivity contribution is 0.392. The van der Waals surface area contributed by atoms with E-state index >= 15 is 0 Å². The summed E-state index contributed by atoms with van der Waals surface area (Å²) >= 11 is 4.87. The number of thiocarbonyl (C=S) groups is 1. The zero-order valence-corrected chi connectivity index (χ0v) is 11.9. The lowest BCUT2D eigenvalue weighted by Crippen LogP contribution is -2.12. The van der Waals surface area contributed by atoms with Gasteiger partial charge in [0, 0.05) is 5.56 Å². The van der Waals surface area contributed by atoms with Gasteiger partial charge < -0.3 is 15.6 Å². The summed E-state index contributed by atoms with van der Waals surface area (Å²) in [4.78, 5) is 4.49. The normalized spacial score (nSPS) is 12.2. The zero-order valence-electron chi connectivity index (χ0n) is 11.1. The van der Waals surface area contributed by atoms with Crippen LogP contribution in [-0.2, 0) is 0 Å². The van der Waals surface area contributed by atoms with Crippen molar-refractivity contribution in [3.05, 3.63) is 41.0 Å². The third-order valence-electron chi connectivity index (χ3n) is 2.92. The third-order valence-corrected chi connectivity index (χ3v) is 3.13. The van der Waals surface area contributed by atoms with Crippen LogP contribution < -0.4 is 11.1 Å². The predicted molar refractivity (Wildman–Crippen MR) is 78.1 cm³/mol. The van der Waals surface area contributed by atoms with E-state index in [0.29, 0.717) is 10.7 Å². The summed E-state index contributed by atoms with van der Waals surface area (Å²) < 4.78 is 5.17. The van der Waals surface area contributed by atoms with Crippen molar-refractivity contribution < 1.29 is 4.52 Å². The van der Waals surface area contributed by atoms with Gasteiger partial charge in [-0.2, -0.15) is 0 Å². The zero-order chi connectivity index (χ0) is 14.0. The molecule has 0 bridgehead atoms. The molecule has 0 aliphatic carbocycles. The average Bonchev–Trinajstić information content (AvgIpc) is 2.69. The number of anilines is 1. The second kappa shape index (κ2) is 5.36. The molecule has 0 aliphatic heterocycles. The van der Waals surface area contributed by atoms with Crippen LogP contribution in [0.1, 0.15) is 35.7 Å². The summed E-state index contributed by atoms with van der Waals surface area (Å²) in [5.74, 6) is 0.824. The number of hydrogen-bond donors (Lipinski definition) is 2. The van der Waals surface area contributed by atoms with Crippen LogP contribution in [0, 0.1) is 13.8 Å². The second-order valence-corrected chi connectivity index (χ2v) is 4.84. The van der Waals surface area contributed by atoms with E-state index in [9.17, 15) is 0 Å². The minimum Gasteiger partial charge on any atom is -0.388 e. The highest BCUT2D eigenvalue weighted by Gasteiger charge is 2.16. The first-order chi connectivity index (χ1) is 8.99. The van der Waals surface area contributed by atoms with Gasteiger partial charge in [-0.25, -0.2) is 0 Å². The quantitative estimate of drug-likeness (QED) is 0.835. The molecule has 1 atom stereocenters. The first kappa shape index (κ1) is 13.5. The number of nitrogens with one attached hydrogen (secondary N) is 1. The van der Waals surface area contributed by atoms with Gasteiger partial charge in [0.15, 0.2) is 0 Å². The molecule has 0 amide bonds. The number of nitrogens with zero attached hydrogens (tertiary/aromatic N) is 2. The molecule has 0 radical (unpaired) electrons. The molecule has 2 aromatic heterocycles. The van der Waals surface area contributed by atoms with Gasteiger partial charge in [-0.15, -0.1) is 0 Å². The molecule has 19 heavy (non-hydrogen) atoms. The van der Waals surface area contributed by atoms with E-state index < -0.39 is 0 Å². The van der Waals surface area contributed by atoms with Crippen molar-refractivity contribution >= 4 is 22.9 Å². The van der Waals surface area contributed by atoms with Crippen LogP contribution in [0.15, 0.2) is 22.9 Å². The van der Waals surface area contributed by atoms with Crippen LogP contribution in [0.25, 0.3) is 0 Å². The number of nitrogens with two attached hydrogens (primary N) is 1. The van der Waals surface area contributed by atoms with Crippen molar-refractivity contribution in [3.63, 3.8) is 0 Å². The average molecular weight is 276 g/mol. The van der Waals surface area contributed by atoms with Crippen LogP contribution in [-0.4, -0.2) is 15.1 Å². The number of aromatic nitrogens is 2. The van der Waals surface area contributed by atoms with Crippen LogP contribution in [0.4, 0.5) is 5.69 Å². The molecular weight excluding hydrogens is 260 g/mol. The maximum atomic E-state index is 5.51. The van der Waals surface area contributed by atoms with Crippen molar-refractivity contribution in [1.29, 1.82) is 0 Å². The maximum Gasteiger partial charge on any atom is 0.139 e. The highest BCUT2D eigenvalue weighted by molar-refractivity contribution is 7.80. The van der Waals surface area contributed by atoms with Gasteiger partial charge >= 0.3 is 0 Å². The van der Waals surface area contributed by atoms with Crippen molar-refractivity contribution in [3.8, 4) is 0 Å². The van der Waals surface area contributed by atoms with Crippen LogP contribution in [0.5, 0.6) is 0 Å². The van der Waals surface area contributed by atoms with Gasteiger partial charge in [0.05, 0.1) is 29.3 Å². The minimum absolute atomic E-state index is 0.0868. The monoisotopic (exact) mass is 276 g/mol. The van der Waals surface area contributed by atoms with Gasteiger partial charge in [0.25, 0.3) is 0 Å². The van der Waals surface area contributed by atoms with Gasteiger partial charge in [-0.05, 0) is 32.9 Å². The summed E-state index contributed by atoms with van der Waals surface area (Å²) in [6.45, 7) is 5.88. The molecule has 0 aromatic carbocycles. The first-order valence-electron chi connectivity index (χ1n) is 5.94. The smallest absolute Gasteiger partial charge is 0.139 e. The molecular formula is C13H16N4OS. The van der Waals surface area contributed by atoms with E-state index in [-0.39, 0.29) is 6.04 Å². The highest BCUT2D eigenvalue weighted by atomic mass is 32.1. The Morgan fingerprint density at radius 3 is 2.63 bits per heavy atom. The van der Waals surface area contributed by atoms with Crippen molar-refractivity contribution in [1.82, 2.24) is 10.1 Å². The molecule has 0 saturated heterocycles. The lowest BCUT2D eigenvalue weighted by atomic mass is 10.1. The predicted octanol–water partition coefficient (Wildman–Crippen LogP) is 2.49. The Morgan fingerprint density at radius 2 is 2.16 bits per heavy atom. The standard InChI is InChI=1S/C13H16N4OS/c1-7(12-8(2)17-18-9(12)3)16-10-4-5-11(13(14)19)15-6-10/h4-7,16H,1-3H3,(H2,14,19). The molecule has 0 saturated carbocycles. The van der Waals surface area contributed by atoms with Crippen molar-refractivity contribution in [2.24, 2.45) is 5.73 Å². The number of aryl methyl sites for hydroxylation is 2. The fraction of sp³-hybridized carbons (Fsp3) is 0.308. The molecule has 6 heteroatoms. The number of hydrogen-bond acceptors (Lipinski definition) is 5. The van der Waals surface area contributed by atoms with E-state index in [1.165, 1.54) is 0 Å². The molecule has 0 fully saturated rings. The topological polar surface area (TPSA) is 77.0 Å². The molecule has 2 rings (SSSR count). The SMILES string of the molecule is Cc1noc(C)c1C(C)Nc1ccc(C(N)=S)nc1. The Bertz CT molecular complexity index is 572. The molecule has 3 N–H and O–H groups in total. The minimum atomic E-state index is 0.0868. The van der Waals surface area contributed by atoms with Crippen LogP contribution >= 0.6 is 12.2 Å². The maximum absolute atomic E-state index is 5.51. The molecule has 1 unspecified atom stereocenters. The van der Waals surface area contributed by atoms with Crippen LogP contribution in [0.3, 0.4) is 0 Å². The Hall–Kier alpha value is -1.95. The van der Waals surface area contributed by atoms with Gasteiger partial charge in [0.2, 0.25) is 0 Å². The van der Waals surface area contributed by atoms with Gasteiger partial charge in [0.1, 0.15) is 10.7 Å². The Kier molecular flexibility index (Phi) is 3.80. The summed E-state index contributed by atoms with van der Waals surface area (Å²) in [5.41, 5.74) is 8.98. The number of pyridine rings is 1. The third kappa shape index (κ3) is 2.90. The van der Waals surface area contributed by atoms with E-state index in [1.807, 2.05) is 26.8 Å². The lowest BCUT2D eigenvalue weighted by Gasteiger charge is -2.15. The highest BCUT2D eigenvalue weighted by Crippen LogP contribution is 2.24. The fourth-order valence-electron chi connectivity index (χ4n) is 2.06. The van der Waals surface area contributed by atoms with Crippen molar-refractivity contribution in [2.45, 2.75) is 26.8 Å². The van der Waals surface area contributed by atoms with Gasteiger partial charge in [-0.3, -0.25) is 4.98 Å². The van der Waals surface area contributed by atoms with Crippen LogP contribution in [0.2, 0.25) is 0 Å².